The lowest BCUT2D eigenvalue weighted by atomic mass is 9.71. The summed E-state index contributed by atoms with van der Waals surface area (Å²) in [5.74, 6) is 1.98. The first-order valence-electron chi connectivity index (χ1n) is 7.82. The molecule has 118 valence electrons. The van der Waals surface area contributed by atoms with Crippen molar-refractivity contribution in [3.8, 4) is 5.88 Å². The highest BCUT2D eigenvalue weighted by Crippen LogP contribution is 2.40. The Morgan fingerprint density at radius 3 is 2.86 bits per heavy atom. The molecule has 5 heteroatoms. The van der Waals surface area contributed by atoms with E-state index < -0.39 is 0 Å². The lowest BCUT2D eigenvalue weighted by Gasteiger charge is -2.38. The number of rotatable bonds is 5. The molecule has 4 nitrogen and oxygen atoms in total. The third-order valence-corrected chi connectivity index (χ3v) is 4.41. The van der Waals surface area contributed by atoms with Crippen molar-refractivity contribution in [1.29, 1.82) is 0 Å². The van der Waals surface area contributed by atoms with Crippen molar-refractivity contribution in [1.82, 2.24) is 9.97 Å². The SMILES string of the molecule is CCCNc1ncc(Br)c(OC2CC(C)CC(C)(C)C2)n1. The van der Waals surface area contributed by atoms with Gasteiger partial charge in [-0.05, 0) is 52.9 Å². The van der Waals surface area contributed by atoms with Gasteiger partial charge in [-0.3, -0.25) is 0 Å². The number of ether oxygens (including phenoxy) is 1. The van der Waals surface area contributed by atoms with Gasteiger partial charge in [-0.15, -0.1) is 0 Å². The van der Waals surface area contributed by atoms with E-state index in [1.807, 2.05) is 0 Å². The van der Waals surface area contributed by atoms with Gasteiger partial charge in [-0.1, -0.05) is 27.7 Å². The maximum atomic E-state index is 6.17. The molecule has 1 N–H and O–H groups in total. The second-order valence-corrected chi connectivity index (χ2v) is 7.78. The molecule has 0 amide bonds. The fourth-order valence-electron chi connectivity index (χ4n) is 3.26. The average molecular weight is 356 g/mol. The number of halogens is 1. The molecule has 0 aliphatic heterocycles. The Labute approximate surface area is 136 Å². The Hall–Kier alpha value is -0.840. The van der Waals surface area contributed by atoms with Crippen LogP contribution in [0.5, 0.6) is 5.88 Å². The van der Waals surface area contributed by atoms with E-state index in [1.165, 1.54) is 6.42 Å². The number of nitrogens with one attached hydrogen (secondary N) is 1. The number of nitrogens with zero attached hydrogens (tertiary/aromatic N) is 2. The lowest BCUT2D eigenvalue weighted by Crippen LogP contribution is -2.34. The van der Waals surface area contributed by atoms with Crippen LogP contribution in [0, 0.1) is 11.3 Å². The van der Waals surface area contributed by atoms with Crippen molar-refractivity contribution in [2.45, 2.75) is 59.5 Å². The van der Waals surface area contributed by atoms with Crippen LogP contribution in [-0.2, 0) is 0 Å². The molecule has 2 atom stereocenters. The molecular formula is C16H26BrN3O. The molecule has 1 aromatic heterocycles. The van der Waals surface area contributed by atoms with Gasteiger partial charge in [-0.2, -0.15) is 4.98 Å². The van der Waals surface area contributed by atoms with Crippen LogP contribution in [-0.4, -0.2) is 22.6 Å². The number of aromatic nitrogens is 2. The summed E-state index contributed by atoms with van der Waals surface area (Å²) in [6, 6.07) is 0. The van der Waals surface area contributed by atoms with E-state index in [9.17, 15) is 0 Å². The van der Waals surface area contributed by atoms with Crippen molar-refractivity contribution in [3.63, 3.8) is 0 Å². The second kappa shape index (κ2) is 6.95. The molecule has 1 saturated carbocycles. The molecule has 1 aliphatic carbocycles. The van der Waals surface area contributed by atoms with Crippen LogP contribution in [0.2, 0.25) is 0 Å². The summed E-state index contributed by atoms with van der Waals surface area (Å²) in [6.45, 7) is 9.94. The molecule has 1 heterocycles. The van der Waals surface area contributed by atoms with Crippen molar-refractivity contribution >= 4 is 21.9 Å². The highest BCUT2D eigenvalue weighted by Gasteiger charge is 2.33. The molecule has 2 rings (SSSR count). The summed E-state index contributed by atoms with van der Waals surface area (Å²) >= 11 is 3.49. The third kappa shape index (κ3) is 4.83. The zero-order chi connectivity index (χ0) is 15.5. The third-order valence-electron chi connectivity index (χ3n) is 3.87. The Balaban J connectivity index is 2.07. The van der Waals surface area contributed by atoms with Crippen LogP contribution >= 0.6 is 15.9 Å². The summed E-state index contributed by atoms with van der Waals surface area (Å²) in [5, 5.41) is 3.20. The molecular weight excluding hydrogens is 330 g/mol. The molecule has 0 spiro atoms. The van der Waals surface area contributed by atoms with E-state index in [0.29, 0.717) is 23.2 Å². The van der Waals surface area contributed by atoms with E-state index in [0.717, 1.165) is 30.3 Å². The van der Waals surface area contributed by atoms with Gasteiger partial charge in [0.05, 0.1) is 10.7 Å². The lowest BCUT2D eigenvalue weighted by molar-refractivity contribution is 0.0527. The molecule has 1 fully saturated rings. The van der Waals surface area contributed by atoms with Gasteiger partial charge in [0.25, 0.3) is 0 Å². The van der Waals surface area contributed by atoms with Crippen molar-refractivity contribution in [3.05, 3.63) is 10.7 Å². The Morgan fingerprint density at radius 1 is 1.43 bits per heavy atom. The smallest absolute Gasteiger partial charge is 0.233 e. The minimum Gasteiger partial charge on any atom is -0.473 e. The maximum Gasteiger partial charge on any atom is 0.233 e. The fraction of sp³-hybridized carbons (Fsp3) is 0.750. The van der Waals surface area contributed by atoms with Crippen molar-refractivity contribution < 1.29 is 4.74 Å². The van der Waals surface area contributed by atoms with Crippen LogP contribution in [0.1, 0.15) is 53.4 Å². The zero-order valence-electron chi connectivity index (χ0n) is 13.4. The normalized spacial score (nSPS) is 24.6. The Kier molecular flexibility index (Phi) is 5.47. The maximum absolute atomic E-state index is 6.17. The number of anilines is 1. The summed E-state index contributed by atoms with van der Waals surface area (Å²) in [6.07, 6.45) is 6.47. The summed E-state index contributed by atoms with van der Waals surface area (Å²) < 4.78 is 6.99. The molecule has 0 aromatic carbocycles. The first kappa shape index (κ1) is 16.5. The summed E-state index contributed by atoms with van der Waals surface area (Å²) in [7, 11) is 0. The highest BCUT2D eigenvalue weighted by atomic mass is 79.9. The van der Waals surface area contributed by atoms with E-state index >= 15 is 0 Å². The molecule has 1 aliphatic rings. The zero-order valence-corrected chi connectivity index (χ0v) is 15.0. The Bertz CT molecular complexity index is 479. The highest BCUT2D eigenvalue weighted by molar-refractivity contribution is 9.10. The molecule has 21 heavy (non-hydrogen) atoms. The van der Waals surface area contributed by atoms with Gasteiger partial charge in [-0.25, -0.2) is 4.98 Å². The monoisotopic (exact) mass is 355 g/mol. The van der Waals surface area contributed by atoms with Gasteiger partial charge >= 0.3 is 0 Å². The van der Waals surface area contributed by atoms with E-state index in [2.05, 4.69) is 58.9 Å². The van der Waals surface area contributed by atoms with Gasteiger partial charge in [0.2, 0.25) is 11.8 Å². The predicted octanol–water partition coefficient (Wildman–Crippen LogP) is 4.65. The Morgan fingerprint density at radius 2 is 2.19 bits per heavy atom. The van der Waals surface area contributed by atoms with E-state index in [-0.39, 0.29) is 6.10 Å². The van der Waals surface area contributed by atoms with Crippen LogP contribution < -0.4 is 10.1 Å². The number of hydrogen-bond donors (Lipinski definition) is 1. The largest absolute Gasteiger partial charge is 0.473 e. The van der Waals surface area contributed by atoms with Crippen LogP contribution in [0.3, 0.4) is 0 Å². The summed E-state index contributed by atoms with van der Waals surface area (Å²) in [5.41, 5.74) is 0.338. The van der Waals surface area contributed by atoms with Gasteiger partial charge in [0.15, 0.2) is 0 Å². The van der Waals surface area contributed by atoms with Gasteiger partial charge < -0.3 is 10.1 Å². The minimum atomic E-state index is 0.231. The van der Waals surface area contributed by atoms with Crippen LogP contribution in [0.25, 0.3) is 0 Å². The first-order chi connectivity index (χ1) is 9.89. The summed E-state index contributed by atoms with van der Waals surface area (Å²) in [4.78, 5) is 8.75. The fourth-order valence-corrected chi connectivity index (χ4v) is 3.55. The van der Waals surface area contributed by atoms with E-state index in [4.69, 9.17) is 4.74 Å². The average Bonchev–Trinajstić information content (AvgIpc) is 2.37. The molecule has 0 saturated heterocycles. The van der Waals surface area contributed by atoms with Crippen molar-refractivity contribution in [2.24, 2.45) is 11.3 Å². The molecule has 1 aromatic rings. The molecule has 0 radical (unpaired) electrons. The quantitative estimate of drug-likeness (QED) is 0.834. The van der Waals surface area contributed by atoms with Crippen molar-refractivity contribution in [2.75, 3.05) is 11.9 Å². The van der Waals surface area contributed by atoms with Crippen LogP contribution in [0.15, 0.2) is 10.7 Å². The van der Waals surface area contributed by atoms with Crippen LogP contribution in [0.4, 0.5) is 5.95 Å². The molecule has 2 unspecified atom stereocenters. The van der Waals surface area contributed by atoms with Gasteiger partial charge in [0, 0.05) is 6.54 Å². The minimum absolute atomic E-state index is 0.231. The predicted molar refractivity (Wildman–Crippen MR) is 89.7 cm³/mol. The number of hydrogen-bond acceptors (Lipinski definition) is 4. The molecule has 0 bridgehead atoms. The van der Waals surface area contributed by atoms with Gasteiger partial charge in [0.1, 0.15) is 6.10 Å². The second-order valence-electron chi connectivity index (χ2n) is 6.93. The first-order valence-corrected chi connectivity index (χ1v) is 8.62. The van der Waals surface area contributed by atoms with E-state index in [1.54, 1.807) is 6.20 Å². The standard InChI is InChI=1S/C16H26BrN3O/c1-5-6-18-15-19-10-13(17)14(20-15)21-12-7-11(2)8-16(3,4)9-12/h10-12H,5-9H2,1-4H3,(H,18,19,20). The topological polar surface area (TPSA) is 47.0 Å².